The summed E-state index contributed by atoms with van der Waals surface area (Å²) in [5.74, 6) is -0.404. The van der Waals surface area contributed by atoms with Gasteiger partial charge in [0.25, 0.3) is 0 Å². The predicted octanol–water partition coefficient (Wildman–Crippen LogP) is 2.39. The van der Waals surface area contributed by atoms with E-state index in [1.807, 2.05) is 18.2 Å². The Morgan fingerprint density at radius 2 is 2.33 bits per heavy atom. The van der Waals surface area contributed by atoms with Crippen molar-refractivity contribution >= 4 is 5.97 Å². The molecule has 1 N–H and O–H groups in total. The lowest BCUT2D eigenvalue weighted by atomic mass is 9.92. The number of carboxylic acids is 1. The van der Waals surface area contributed by atoms with Gasteiger partial charge in [0.15, 0.2) is 0 Å². The first kappa shape index (κ1) is 12.9. The summed E-state index contributed by atoms with van der Waals surface area (Å²) in [6.45, 7) is 3.17. The van der Waals surface area contributed by atoms with Crippen molar-refractivity contribution < 1.29 is 19.4 Å². The Balaban J connectivity index is 2.35. The van der Waals surface area contributed by atoms with Gasteiger partial charge in [-0.3, -0.25) is 4.79 Å². The van der Waals surface area contributed by atoms with E-state index in [2.05, 4.69) is 0 Å². The number of ether oxygens (including phenoxy) is 2. The second-order valence-electron chi connectivity index (χ2n) is 4.62. The molecule has 1 aromatic carbocycles. The quantitative estimate of drug-likeness (QED) is 0.891. The van der Waals surface area contributed by atoms with E-state index < -0.39 is 11.9 Å². The lowest BCUT2D eigenvalue weighted by Crippen LogP contribution is -2.10. The Labute approximate surface area is 107 Å². The Hall–Kier alpha value is -1.55. The van der Waals surface area contributed by atoms with Crippen LogP contribution in [-0.4, -0.2) is 31.4 Å². The van der Waals surface area contributed by atoms with Crippen LogP contribution in [0.1, 0.15) is 36.3 Å². The van der Waals surface area contributed by atoms with Gasteiger partial charge in [-0.05, 0) is 25.0 Å². The SMILES string of the molecule is COc1ccc(C2CCOC2)cc1C(C)C(=O)O. The molecule has 0 amide bonds. The average Bonchev–Trinajstić information content (AvgIpc) is 2.90. The Kier molecular flexibility index (Phi) is 3.87. The van der Waals surface area contributed by atoms with Crippen LogP contribution in [0.15, 0.2) is 18.2 Å². The molecule has 18 heavy (non-hydrogen) atoms. The smallest absolute Gasteiger partial charge is 0.310 e. The zero-order valence-corrected chi connectivity index (χ0v) is 10.7. The highest BCUT2D eigenvalue weighted by Gasteiger charge is 2.23. The molecule has 1 aliphatic heterocycles. The minimum atomic E-state index is -0.840. The number of aliphatic carboxylic acids is 1. The lowest BCUT2D eigenvalue weighted by Gasteiger charge is -2.16. The minimum absolute atomic E-state index is 0.371. The van der Waals surface area contributed by atoms with Crippen molar-refractivity contribution in [1.82, 2.24) is 0 Å². The molecule has 1 aliphatic rings. The van der Waals surface area contributed by atoms with Crippen LogP contribution in [0.5, 0.6) is 5.75 Å². The Morgan fingerprint density at radius 3 is 2.89 bits per heavy atom. The van der Waals surface area contributed by atoms with Crippen molar-refractivity contribution in [3.8, 4) is 5.75 Å². The predicted molar refractivity (Wildman–Crippen MR) is 67.2 cm³/mol. The molecule has 1 saturated heterocycles. The van der Waals surface area contributed by atoms with Crippen molar-refractivity contribution in [3.05, 3.63) is 29.3 Å². The van der Waals surface area contributed by atoms with Crippen molar-refractivity contribution in [1.29, 1.82) is 0 Å². The third-order valence-electron chi connectivity index (χ3n) is 3.49. The maximum atomic E-state index is 11.1. The van der Waals surface area contributed by atoms with Crippen LogP contribution in [0.3, 0.4) is 0 Å². The summed E-state index contributed by atoms with van der Waals surface area (Å²) < 4.78 is 10.6. The van der Waals surface area contributed by atoms with Crippen molar-refractivity contribution in [2.45, 2.75) is 25.2 Å². The van der Waals surface area contributed by atoms with E-state index in [1.54, 1.807) is 14.0 Å². The minimum Gasteiger partial charge on any atom is -0.496 e. The third kappa shape index (κ3) is 2.48. The van der Waals surface area contributed by atoms with E-state index in [-0.39, 0.29) is 0 Å². The van der Waals surface area contributed by atoms with E-state index in [0.717, 1.165) is 24.2 Å². The number of carboxylic acid groups (broad SMARTS) is 1. The molecular formula is C14H18O4. The first-order valence-electron chi connectivity index (χ1n) is 6.12. The number of rotatable bonds is 4. The molecule has 0 saturated carbocycles. The van der Waals surface area contributed by atoms with E-state index >= 15 is 0 Å². The van der Waals surface area contributed by atoms with Crippen LogP contribution in [-0.2, 0) is 9.53 Å². The van der Waals surface area contributed by atoms with Crippen LogP contribution in [0, 0.1) is 0 Å². The monoisotopic (exact) mass is 250 g/mol. The van der Waals surface area contributed by atoms with Crippen LogP contribution < -0.4 is 4.74 Å². The fraction of sp³-hybridized carbons (Fsp3) is 0.500. The van der Waals surface area contributed by atoms with E-state index in [0.29, 0.717) is 18.3 Å². The molecule has 4 nitrogen and oxygen atoms in total. The first-order chi connectivity index (χ1) is 8.63. The lowest BCUT2D eigenvalue weighted by molar-refractivity contribution is -0.138. The van der Waals surface area contributed by atoms with Crippen LogP contribution >= 0.6 is 0 Å². The highest BCUT2D eigenvalue weighted by molar-refractivity contribution is 5.76. The molecule has 1 fully saturated rings. The van der Waals surface area contributed by atoms with Gasteiger partial charge in [-0.15, -0.1) is 0 Å². The fourth-order valence-corrected chi connectivity index (χ4v) is 2.28. The molecule has 0 aliphatic carbocycles. The highest BCUT2D eigenvalue weighted by Crippen LogP contribution is 2.33. The number of benzene rings is 1. The summed E-state index contributed by atoms with van der Waals surface area (Å²) >= 11 is 0. The number of hydrogen-bond donors (Lipinski definition) is 1. The summed E-state index contributed by atoms with van der Waals surface area (Å²) in [4.78, 5) is 11.1. The third-order valence-corrected chi connectivity index (χ3v) is 3.49. The summed E-state index contributed by atoms with van der Waals surface area (Å²) in [7, 11) is 1.56. The van der Waals surface area contributed by atoms with Gasteiger partial charge >= 0.3 is 5.97 Å². The summed E-state index contributed by atoms with van der Waals surface area (Å²) in [6, 6.07) is 5.79. The summed E-state index contributed by atoms with van der Waals surface area (Å²) in [5, 5.41) is 9.13. The van der Waals surface area contributed by atoms with Crippen molar-refractivity contribution in [2.75, 3.05) is 20.3 Å². The normalized spacial score (nSPS) is 20.7. The zero-order chi connectivity index (χ0) is 13.1. The van der Waals surface area contributed by atoms with E-state index in [1.165, 1.54) is 0 Å². The van der Waals surface area contributed by atoms with Crippen LogP contribution in [0.2, 0.25) is 0 Å². The van der Waals surface area contributed by atoms with Gasteiger partial charge in [0.1, 0.15) is 5.75 Å². The van der Waals surface area contributed by atoms with E-state index in [4.69, 9.17) is 14.6 Å². The molecular weight excluding hydrogens is 232 g/mol. The van der Waals surface area contributed by atoms with Crippen molar-refractivity contribution in [3.63, 3.8) is 0 Å². The maximum Gasteiger partial charge on any atom is 0.310 e. The second-order valence-corrected chi connectivity index (χ2v) is 4.62. The first-order valence-corrected chi connectivity index (χ1v) is 6.12. The topological polar surface area (TPSA) is 55.8 Å². The molecule has 2 unspecified atom stereocenters. The molecule has 0 radical (unpaired) electrons. The Morgan fingerprint density at radius 1 is 1.56 bits per heavy atom. The number of carbonyl (C=O) groups is 1. The van der Waals surface area contributed by atoms with Gasteiger partial charge in [0.2, 0.25) is 0 Å². The second kappa shape index (κ2) is 5.40. The van der Waals surface area contributed by atoms with Gasteiger partial charge in [-0.2, -0.15) is 0 Å². The van der Waals surface area contributed by atoms with Gasteiger partial charge < -0.3 is 14.6 Å². The van der Waals surface area contributed by atoms with Crippen LogP contribution in [0.4, 0.5) is 0 Å². The summed E-state index contributed by atoms with van der Waals surface area (Å²) in [5.41, 5.74) is 1.87. The summed E-state index contributed by atoms with van der Waals surface area (Å²) in [6.07, 6.45) is 0.993. The fourth-order valence-electron chi connectivity index (χ4n) is 2.28. The molecule has 2 rings (SSSR count). The van der Waals surface area contributed by atoms with Gasteiger partial charge in [-0.25, -0.2) is 0 Å². The standard InChI is InChI=1S/C14H18O4/c1-9(14(15)16)12-7-10(3-4-13(12)17-2)11-5-6-18-8-11/h3-4,7,9,11H,5-6,8H2,1-2H3,(H,15,16). The molecule has 0 spiro atoms. The molecule has 4 heteroatoms. The average molecular weight is 250 g/mol. The number of methoxy groups -OCH3 is 1. The van der Waals surface area contributed by atoms with Crippen molar-refractivity contribution in [2.24, 2.45) is 0 Å². The zero-order valence-electron chi connectivity index (χ0n) is 10.7. The van der Waals surface area contributed by atoms with E-state index in [9.17, 15) is 4.79 Å². The largest absolute Gasteiger partial charge is 0.496 e. The van der Waals surface area contributed by atoms with Crippen LogP contribution in [0.25, 0.3) is 0 Å². The van der Waals surface area contributed by atoms with Gasteiger partial charge in [0.05, 0.1) is 19.6 Å². The molecule has 1 aromatic rings. The molecule has 2 atom stereocenters. The highest BCUT2D eigenvalue weighted by atomic mass is 16.5. The maximum absolute atomic E-state index is 11.1. The number of hydrogen-bond acceptors (Lipinski definition) is 3. The molecule has 1 heterocycles. The molecule has 0 bridgehead atoms. The Bertz CT molecular complexity index is 435. The van der Waals surface area contributed by atoms with Gasteiger partial charge in [0, 0.05) is 18.1 Å². The van der Waals surface area contributed by atoms with Gasteiger partial charge in [-0.1, -0.05) is 12.1 Å². The molecule has 98 valence electrons. The molecule has 0 aromatic heterocycles.